The Labute approximate surface area is 84.0 Å². The fourth-order valence-corrected chi connectivity index (χ4v) is 2.32. The van der Waals surface area contributed by atoms with Gasteiger partial charge in [-0.3, -0.25) is 0 Å². The number of allylic oxidation sites excluding steroid dienone is 4. The van der Waals surface area contributed by atoms with Gasteiger partial charge in [-0.15, -0.1) is 11.8 Å². The van der Waals surface area contributed by atoms with Crippen molar-refractivity contribution in [2.24, 2.45) is 5.41 Å². The molecule has 0 atom stereocenters. The molecule has 0 fully saturated rings. The predicted octanol–water partition coefficient (Wildman–Crippen LogP) is 2.69. The van der Waals surface area contributed by atoms with Gasteiger partial charge >= 0.3 is 0 Å². The van der Waals surface area contributed by atoms with E-state index < -0.39 is 0 Å². The van der Waals surface area contributed by atoms with Gasteiger partial charge in [0.05, 0.1) is 0 Å². The first-order chi connectivity index (χ1) is 6.17. The lowest BCUT2D eigenvalue weighted by Crippen LogP contribution is -2.20. The summed E-state index contributed by atoms with van der Waals surface area (Å²) in [6.07, 6.45) is 8.98. The van der Waals surface area contributed by atoms with Gasteiger partial charge in [-0.1, -0.05) is 26.0 Å². The molecule has 0 aromatic rings. The van der Waals surface area contributed by atoms with Crippen LogP contribution >= 0.6 is 11.8 Å². The molecule has 0 radical (unpaired) electrons. The van der Waals surface area contributed by atoms with Gasteiger partial charge in [0, 0.05) is 28.3 Å². The highest BCUT2D eigenvalue weighted by molar-refractivity contribution is 8.03. The van der Waals surface area contributed by atoms with Crippen LogP contribution in [0.1, 0.15) is 13.8 Å². The molecule has 1 N–H and O–H groups in total. The number of hydrogen-bond donors (Lipinski definition) is 1. The van der Waals surface area contributed by atoms with Crippen molar-refractivity contribution in [3.63, 3.8) is 0 Å². The molecule has 2 rings (SSSR count). The maximum absolute atomic E-state index is 3.42. The van der Waals surface area contributed by atoms with Gasteiger partial charge in [-0.2, -0.15) is 0 Å². The summed E-state index contributed by atoms with van der Waals surface area (Å²) in [5, 5.41) is 3.42. The lowest BCUT2D eigenvalue weighted by molar-refractivity contribution is 0.626. The molecule has 2 heteroatoms. The van der Waals surface area contributed by atoms with Crippen LogP contribution < -0.4 is 5.32 Å². The van der Waals surface area contributed by atoms with E-state index in [1.165, 1.54) is 16.4 Å². The molecule has 13 heavy (non-hydrogen) atoms. The van der Waals surface area contributed by atoms with Crippen LogP contribution in [-0.2, 0) is 0 Å². The van der Waals surface area contributed by atoms with Crippen LogP contribution in [0.15, 0.2) is 34.9 Å². The van der Waals surface area contributed by atoms with Gasteiger partial charge < -0.3 is 5.32 Å². The quantitative estimate of drug-likeness (QED) is 0.635. The van der Waals surface area contributed by atoms with E-state index in [9.17, 15) is 0 Å². The summed E-state index contributed by atoms with van der Waals surface area (Å²) in [6, 6.07) is 0. The van der Waals surface area contributed by atoms with Crippen LogP contribution in [0, 0.1) is 5.41 Å². The molecule has 0 unspecified atom stereocenters. The van der Waals surface area contributed by atoms with Gasteiger partial charge in [0.1, 0.15) is 0 Å². The standard InChI is InChI=1S/C11H15NS/c1-11(2)5-3-9-10(4-6-11)13-8-7-12-9/h3-6,12H,7-8H2,1-2H3. The van der Waals surface area contributed by atoms with Crippen LogP contribution in [0.3, 0.4) is 0 Å². The molecule has 0 aromatic carbocycles. The van der Waals surface area contributed by atoms with Crippen LogP contribution in [0.25, 0.3) is 0 Å². The molecule has 1 heterocycles. The van der Waals surface area contributed by atoms with E-state index in [1.54, 1.807) is 0 Å². The van der Waals surface area contributed by atoms with Gasteiger partial charge in [0.2, 0.25) is 0 Å². The van der Waals surface area contributed by atoms with Gasteiger partial charge in [0.25, 0.3) is 0 Å². The highest BCUT2D eigenvalue weighted by atomic mass is 32.2. The average molecular weight is 193 g/mol. The molecule has 0 aromatic heterocycles. The van der Waals surface area contributed by atoms with Crippen LogP contribution in [0.4, 0.5) is 0 Å². The zero-order chi connectivity index (χ0) is 9.31. The van der Waals surface area contributed by atoms with Crippen molar-refractivity contribution in [3.05, 3.63) is 34.9 Å². The molecule has 0 spiro atoms. The fourth-order valence-electron chi connectivity index (χ4n) is 1.43. The number of nitrogens with one attached hydrogen (secondary N) is 1. The number of rotatable bonds is 0. The minimum atomic E-state index is 0.194. The third-order valence-electron chi connectivity index (χ3n) is 2.28. The second-order valence-corrected chi connectivity index (χ2v) is 5.18. The summed E-state index contributed by atoms with van der Waals surface area (Å²) in [7, 11) is 0. The smallest absolute Gasteiger partial charge is 0.0475 e. The molecule has 70 valence electrons. The highest BCUT2D eigenvalue weighted by Crippen LogP contribution is 2.31. The normalized spacial score (nSPS) is 25.1. The molecule has 2 aliphatic rings. The van der Waals surface area contributed by atoms with Crippen molar-refractivity contribution in [1.82, 2.24) is 5.32 Å². The van der Waals surface area contributed by atoms with Crippen molar-refractivity contribution < 1.29 is 0 Å². The van der Waals surface area contributed by atoms with E-state index in [0.29, 0.717) is 0 Å². The fraction of sp³-hybridized carbons (Fsp3) is 0.455. The van der Waals surface area contributed by atoms with Crippen molar-refractivity contribution in [1.29, 1.82) is 0 Å². The Hall–Kier alpha value is -0.630. The Morgan fingerprint density at radius 3 is 2.92 bits per heavy atom. The molecule has 0 saturated carbocycles. The van der Waals surface area contributed by atoms with Crippen LogP contribution in [0.2, 0.25) is 0 Å². The Balaban J connectivity index is 2.32. The van der Waals surface area contributed by atoms with E-state index in [-0.39, 0.29) is 5.41 Å². The Bertz CT molecular complexity index is 269. The molecular weight excluding hydrogens is 178 g/mol. The molecular formula is C11H15NS. The topological polar surface area (TPSA) is 12.0 Å². The Kier molecular flexibility index (Phi) is 2.24. The Morgan fingerprint density at radius 2 is 2.08 bits per heavy atom. The minimum absolute atomic E-state index is 0.194. The van der Waals surface area contributed by atoms with E-state index >= 15 is 0 Å². The van der Waals surface area contributed by atoms with Gasteiger partial charge in [-0.05, 0) is 12.2 Å². The number of thioether (sulfide) groups is 1. The van der Waals surface area contributed by atoms with Crippen molar-refractivity contribution in [2.45, 2.75) is 13.8 Å². The van der Waals surface area contributed by atoms with Crippen molar-refractivity contribution in [3.8, 4) is 0 Å². The lowest BCUT2D eigenvalue weighted by atomic mass is 9.93. The van der Waals surface area contributed by atoms with Crippen LogP contribution in [-0.4, -0.2) is 12.3 Å². The summed E-state index contributed by atoms with van der Waals surface area (Å²) in [5.41, 5.74) is 1.48. The van der Waals surface area contributed by atoms with Crippen molar-refractivity contribution >= 4 is 11.8 Å². The maximum atomic E-state index is 3.42. The summed E-state index contributed by atoms with van der Waals surface area (Å²) >= 11 is 1.94. The van der Waals surface area contributed by atoms with E-state index in [2.05, 4.69) is 43.5 Å². The second-order valence-electron chi connectivity index (χ2n) is 4.04. The number of hydrogen-bond acceptors (Lipinski definition) is 2. The summed E-state index contributed by atoms with van der Waals surface area (Å²) in [6.45, 7) is 5.54. The molecule has 0 saturated heterocycles. The third-order valence-corrected chi connectivity index (χ3v) is 3.36. The first-order valence-corrected chi connectivity index (χ1v) is 5.65. The monoisotopic (exact) mass is 193 g/mol. The average Bonchev–Trinajstić information content (AvgIpc) is 2.27. The summed E-state index contributed by atoms with van der Waals surface area (Å²) in [4.78, 5) is 1.38. The second kappa shape index (κ2) is 3.26. The first kappa shape index (κ1) is 8.95. The summed E-state index contributed by atoms with van der Waals surface area (Å²) in [5.74, 6) is 1.18. The van der Waals surface area contributed by atoms with E-state index in [1.807, 2.05) is 11.8 Å². The van der Waals surface area contributed by atoms with Crippen molar-refractivity contribution in [2.75, 3.05) is 12.3 Å². The third kappa shape index (κ3) is 1.99. The maximum Gasteiger partial charge on any atom is 0.0475 e. The first-order valence-electron chi connectivity index (χ1n) is 4.67. The van der Waals surface area contributed by atoms with Crippen LogP contribution in [0.5, 0.6) is 0 Å². The Morgan fingerprint density at radius 1 is 1.31 bits per heavy atom. The van der Waals surface area contributed by atoms with Gasteiger partial charge in [-0.25, -0.2) is 0 Å². The molecule has 0 bridgehead atoms. The molecule has 1 aliphatic carbocycles. The predicted molar refractivity (Wildman–Crippen MR) is 59.5 cm³/mol. The van der Waals surface area contributed by atoms with E-state index in [0.717, 1.165) is 6.54 Å². The molecule has 1 aliphatic heterocycles. The zero-order valence-electron chi connectivity index (χ0n) is 8.13. The molecule has 1 nitrogen and oxygen atoms in total. The largest absolute Gasteiger partial charge is 0.383 e. The minimum Gasteiger partial charge on any atom is -0.383 e. The molecule has 0 amide bonds. The van der Waals surface area contributed by atoms with Gasteiger partial charge in [0.15, 0.2) is 0 Å². The highest BCUT2D eigenvalue weighted by Gasteiger charge is 2.16. The SMILES string of the molecule is CC1(C)C=CC2=C(C=C1)SCCN2. The lowest BCUT2D eigenvalue weighted by Gasteiger charge is -2.16. The summed E-state index contributed by atoms with van der Waals surface area (Å²) < 4.78 is 0. The van der Waals surface area contributed by atoms with E-state index in [4.69, 9.17) is 0 Å². The zero-order valence-corrected chi connectivity index (χ0v) is 8.95.